The van der Waals surface area contributed by atoms with Crippen molar-refractivity contribution in [2.24, 2.45) is 0 Å². The Morgan fingerprint density at radius 1 is 0.500 bits per heavy atom. The zero-order valence-corrected chi connectivity index (χ0v) is 24.3. The van der Waals surface area contributed by atoms with Gasteiger partial charge in [-0.05, 0) is 39.8 Å². The molecule has 1 aliphatic carbocycles. The van der Waals surface area contributed by atoms with Crippen LogP contribution >= 0.6 is 0 Å². The van der Waals surface area contributed by atoms with Crippen molar-refractivity contribution >= 4 is 11.6 Å². The Bertz CT molecular complexity index is 1950. The van der Waals surface area contributed by atoms with Gasteiger partial charge in [0, 0.05) is 22.6 Å². The van der Waals surface area contributed by atoms with Gasteiger partial charge in [0.15, 0.2) is 17.5 Å². The first-order valence-electron chi connectivity index (χ1n) is 14.9. The van der Waals surface area contributed by atoms with E-state index in [1.165, 1.54) is 11.1 Å². The molecule has 0 aliphatic heterocycles. The second-order valence-corrected chi connectivity index (χ2v) is 10.9. The van der Waals surface area contributed by atoms with Crippen molar-refractivity contribution in [1.82, 2.24) is 15.0 Å². The molecule has 0 spiro atoms. The van der Waals surface area contributed by atoms with Crippen LogP contribution in [0.25, 0.3) is 56.7 Å². The molecule has 1 aliphatic rings. The van der Waals surface area contributed by atoms with Crippen LogP contribution in [0.4, 0.5) is 0 Å². The lowest BCUT2D eigenvalue weighted by molar-refractivity contribution is 0.854. The third-order valence-corrected chi connectivity index (χ3v) is 8.09. The molecule has 0 saturated heterocycles. The third kappa shape index (κ3) is 5.81. The average Bonchev–Trinajstić information content (AvgIpc) is 3.12. The highest BCUT2D eigenvalue weighted by Gasteiger charge is 2.17. The lowest BCUT2D eigenvalue weighted by Crippen LogP contribution is -2.05. The standard InChI is InChI=1S/C41H31N3/c1-2-29-13-15-32(16-14-29)35-21-27-38(28-22-35)41-43-39(36-23-17-33(18-24-36)30-9-5-3-6-10-30)42-40(44-41)37-25-19-34(20-26-37)31-11-7-4-8-12-31/h2-19,21-28,34H,1,20H2. The van der Waals surface area contributed by atoms with Crippen LogP contribution in [0, 0.1) is 0 Å². The lowest BCUT2D eigenvalue weighted by atomic mass is 9.90. The van der Waals surface area contributed by atoms with E-state index in [-0.39, 0.29) is 0 Å². The predicted octanol–water partition coefficient (Wildman–Crippen LogP) is 10.3. The van der Waals surface area contributed by atoms with Crippen molar-refractivity contribution in [3.05, 3.63) is 175 Å². The van der Waals surface area contributed by atoms with E-state index >= 15 is 0 Å². The van der Waals surface area contributed by atoms with Crippen LogP contribution < -0.4 is 0 Å². The van der Waals surface area contributed by atoms with Gasteiger partial charge in [0.1, 0.15) is 0 Å². The van der Waals surface area contributed by atoms with Gasteiger partial charge >= 0.3 is 0 Å². The molecule has 3 heteroatoms. The van der Waals surface area contributed by atoms with E-state index in [4.69, 9.17) is 15.0 Å². The molecule has 0 saturated carbocycles. The van der Waals surface area contributed by atoms with Gasteiger partial charge in [-0.1, -0.05) is 164 Å². The highest BCUT2D eigenvalue weighted by atomic mass is 15.0. The Balaban J connectivity index is 1.24. The Kier molecular flexibility index (Phi) is 7.59. The summed E-state index contributed by atoms with van der Waals surface area (Å²) >= 11 is 0. The van der Waals surface area contributed by atoms with Crippen molar-refractivity contribution in [2.45, 2.75) is 12.3 Å². The SMILES string of the molecule is C=Cc1ccc(-c2ccc(-c3nc(C4=CCC(c5ccccc5)C=C4)nc(-c4ccc(-c5ccccc5)cc4)n3)cc2)cc1. The van der Waals surface area contributed by atoms with Gasteiger partial charge in [-0.3, -0.25) is 0 Å². The first-order chi connectivity index (χ1) is 21.7. The second-order valence-electron chi connectivity index (χ2n) is 10.9. The van der Waals surface area contributed by atoms with E-state index < -0.39 is 0 Å². The Morgan fingerprint density at radius 2 is 0.955 bits per heavy atom. The van der Waals surface area contributed by atoms with E-state index in [0.717, 1.165) is 45.4 Å². The minimum atomic E-state index is 0.347. The van der Waals surface area contributed by atoms with E-state index in [0.29, 0.717) is 23.4 Å². The van der Waals surface area contributed by atoms with E-state index in [2.05, 4.69) is 152 Å². The molecular formula is C41H31N3. The van der Waals surface area contributed by atoms with Gasteiger partial charge in [0.25, 0.3) is 0 Å². The number of aromatic nitrogens is 3. The summed E-state index contributed by atoms with van der Waals surface area (Å²) in [5.74, 6) is 2.35. The molecule has 0 radical (unpaired) electrons. The molecule has 5 aromatic carbocycles. The summed E-state index contributed by atoms with van der Waals surface area (Å²) in [5.41, 5.74) is 9.97. The molecule has 1 heterocycles. The van der Waals surface area contributed by atoms with Crippen molar-refractivity contribution < 1.29 is 0 Å². The van der Waals surface area contributed by atoms with Crippen LogP contribution in [0.2, 0.25) is 0 Å². The predicted molar refractivity (Wildman–Crippen MR) is 183 cm³/mol. The summed E-state index contributed by atoms with van der Waals surface area (Å²) in [6.45, 7) is 3.86. The number of hydrogen-bond acceptors (Lipinski definition) is 3. The normalized spacial score (nSPS) is 14.2. The highest BCUT2D eigenvalue weighted by molar-refractivity contribution is 5.75. The summed E-state index contributed by atoms with van der Waals surface area (Å²) in [7, 11) is 0. The van der Waals surface area contributed by atoms with Crippen molar-refractivity contribution in [2.75, 3.05) is 0 Å². The molecule has 1 unspecified atom stereocenters. The Labute approximate surface area is 258 Å². The van der Waals surface area contributed by atoms with Crippen LogP contribution in [-0.2, 0) is 0 Å². The van der Waals surface area contributed by atoms with Crippen molar-refractivity contribution in [3.8, 4) is 45.0 Å². The van der Waals surface area contributed by atoms with Crippen LogP contribution in [0.15, 0.2) is 158 Å². The Hall–Kier alpha value is -5.67. The van der Waals surface area contributed by atoms with Crippen molar-refractivity contribution in [1.29, 1.82) is 0 Å². The fourth-order valence-corrected chi connectivity index (χ4v) is 5.56. The van der Waals surface area contributed by atoms with Gasteiger partial charge in [-0.2, -0.15) is 0 Å². The summed E-state index contributed by atoms with van der Waals surface area (Å²) in [6, 6.07) is 46.3. The van der Waals surface area contributed by atoms with Gasteiger partial charge in [0.05, 0.1) is 0 Å². The third-order valence-electron chi connectivity index (χ3n) is 8.09. The first kappa shape index (κ1) is 27.2. The fourth-order valence-electron chi connectivity index (χ4n) is 5.56. The smallest absolute Gasteiger partial charge is 0.164 e. The maximum atomic E-state index is 4.99. The molecule has 210 valence electrons. The maximum Gasteiger partial charge on any atom is 0.164 e. The quantitative estimate of drug-likeness (QED) is 0.193. The van der Waals surface area contributed by atoms with Crippen LogP contribution in [0.3, 0.4) is 0 Å². The largest absolute Gasteiger partial charge is 0.208 e. The number of allylic oxidation sites excluding steroid dienone is 4. The molecule has 1 aromatic heterocycles. The summed E-state index contributed by atoms with van der Waals surface area (Å²) in [6.07, 6.45) is 9.41. The molecular weight excluding hydrogens is 534 g/mol. The molecule has 0 N–H and O–H groups in total. The lowest BCUT2D eigenvalue weighted by Gasteiger charge is -2.17. The second kappa shape index (κ2) is 12.3. The molecule has 6 aromatic rings. The highest BCUT2D eigenvalue weighted by Crippen LogP contribution is 2.32. The van der Waals surface area contributed by atoms with Gasteiger partial charge in [0.2, 0.25) is 0 Å². The number of hydrogen-bond donors (Lipinski definition) is 0. The summed E-state index contributed by atoms with van der Waals surface area (Å²) in [4.78, 5) is 14.9. The minimum absolute atomic E-state index is 0.347. The summed E-state index contributed by atoms with van der Waals surface area (Å²) in [5, 5.41) is 0. The van der Waals surface area contributed by atoms with Crippen LogP contribution in [-0.4, -0.2) is 15.0 Å². The summed E-state index contributed by atoms with van der Waals surface area (Å²) < 4.78 is 0. The van der Waals surface area contributed by atoms with E-state index in [9.17, 15) is 0 Å². The van der Waals surface area contributed by atoms with Crippen LogP contribution in [0.5, 0.6) is 0 Å². The molecule has 0 amide bonds. The monoisotopic (exact) mass is 565 g/mol. The molecule has 0 fully saturated rings. The number of benzene rings is 5. The molecule has 3 nitrogen and oxygen atoms in total. The van der Waals surface area contributed by atoms with Gasteiger partial charge in [-0.25, -0.2) is 15.0 Å². The van der Waals surface area contributed by atoms with Crippen LogP contribution in [0.1, 0.15) is 29.3 Å². The van der Waals surface area contributed by atoms with Gasteiger partial charge < -0.3 is 0 Å². The minimum Gasteiger partial charge on any atom is -0.208 e. The first-order valence-corrected chi connectivity index (χ1v) is 14.9. The van der Waals surface area contributed by atoms with E-state index in [1.54, 1.807) is 0 Å². The Morgan fingerprint density at radius 3 is 1.45 bits per heavy atom. The zero-order valence-electron chi connectivity index (χ0n) is 24.3. The number of nitrogens with zero attached hydrogens (tertiary/aromatic N) is 3. The fraction of sp³-hybridized carbons (Fsp3) is 0.0488. The average molecular weight is 566 g/mol. The molecule has 44 heavy (non-hydrogen) atoms. The molecule has 7 rings (SSSR count). The van der Waals surface area contributed by atoms with Crippen molar-refractivity contribution in [3.63, 3.8) is 0 Å². The van der Waals surface area contributed by atoms with Gasteiger partial charge in [-0.15, -0.1) is 0 Å². The molecule has 0 bridgehead atoms. The van der Waals surface area contributed by atoms with E-state index in [1.807, 2.05) is 12.1 Å². The maximum absolute atomic E-state index is 4.99. The molecule has 1 atom stereocenters. The number of rotatable bonds is 7. The topological polar surface area (TPSA) is 38.7 Å². The zero-order chi connectivity index (χ0) is 29.7.